The molecule has 0 saturated heterocycles. The summed E-state index contributed by atoms with van der Waals surface area (Å²) in [7, 11) is 0. The fourth-order valence-electron chi connectivity index (χ4n) is 2.42. The van der Waals surface area contributed by atoms with Gasteiger partial charge in [-0.2, -0.15) is 5.26 Å². The summed E-state index contributed by atoms with van der Waals surface area (Å²) in [6, 6.07) is 19.1. The molecule has 0 heterocycles. The zero-order valence-electron chi connectivity index (χ0n) is 14.8. The molecular formula is C21H24N2O2. The van der Waals surface area contributed by atoms with Crippen LogP contribution in [0.1, 0.15) is 42.6 Å². The lowest BCUT2D eigenvalue weighted by molar-refractivity contribution is 0.0747. The molecule has 130 valence electrons. The number of nitriles is 1. The minimum Gasteiger partial charge on any atom is -0.491 e. The second-order valence-electron chi connectivity index (χ2n) is 5.98. The molecule has 25 heavy (non-hydrogen) atoms. The van der Waals surface area contributed by atoms with Crippen LogP contribution in [0.15, 0.2) is 54.6 Å². The number of carbonyl (C=O) groups is 1. The van der Waals surface area contributed by atoms with Gasteiger partial charge in [0.25, 0.3) is 5.91 Å². The van der Waals surface area contributed by atoms with Gasteiger partial charge in [0.1, 0.15) is 5.75 Å². The normalized spacial score (nSPS) is 11.4. The average molecular weight is 336 g/mol. The van der Waals surface area contributed by atoms with Crippen LogP contribution in [-0.4, -0.2) is 23.5 Å². The Hall–Kier alpha value is -2.80. The smallest absolute Gasteiger partial charge is 0.254 e. The SMILES string of the molecule is CCC(C)Oc1ccc(C(=O)N(CCC#N)Cc2ccccc2)cc1. The van der Waals surface area contributed by atoms with Gasteiger partial charge in [-0.15, -0.1) is 0 Å². The van der Waals surface area contributed by atoms with E-state index in [1.807, 2.05) is 49.4 Å². The highest BCUT2D eigenvalue weighted by atomic mass is 16.5. The number of rotatable bonds is 8. The summed E-state index contributed by atoms with van der Waals surface area (Å²) in [5.74, 6) is 0.687. The largest absolute Gasteiger partial charge is 0.491 e. The quantitative estimate of drug-likeness (QED) is 0.717. The molecule has 0 radical (unpaired) electrons. The Kier molecular flexibility index (Phi) is 7.03. The Labute approximate surface area is 149 Å². The summed E-state index contributed by atoms with van der Waals surface area (Å²) in [5, 5.41) is 8.87. The number of amides is 1. The summed E-state index contributed by atoms with van der Waals surface area (Å²) in [5.41, 5.74) is 1.65. The molecule has 1 unspecified atom stereocenters. The highest BCUT2D eigenvalue weighted by molar-refractivity contribution is 5.94. The monoisotopic (exact) mass is 336 g/mol. The van der Waals surface area contributed by atoms with Crippen molar-refractivity contribution in [3.05, 3.63) is 65.7 Å². The third kappa shape index (κ3) is 5.65. The van der Waals surface area contributed by atoms with E-state index in [1.165, 1.54) is 0 Å². The van der Waals surface area contributed by atoms with E-state index in [0.717, 1.165) is 17.7 Å². The number of hydrogen-bond donors (Lipinski definition) is 0. The molecule has 0 aliphatic carbocycles. The van der Waals surface area contributed by atoms with Crippen LogP contribution in [0.2, 0.25) is 0 Å². The average Bonchev–Trinajstić information content (AvgIpc) is 2.66. The van der Waals surface area contributed by atoms with Crippen LogP contribution in [0.5, 0.6) is 5.75 Å². The summed E-state index contributed by atoms with van der Waals surface area (Å²) in [6.07, 6.45) is 1.39. The van der Waals surface area contributed by atoms with Crippen molar-refractivity contribution in [2.75, 3.05) is 6.54 Å². The highest BCUT2D eigenvalue weighted by Gasteiger charge is 2.16. The van der Waals surface area contributed by atoms with Gasteiger partial charge >= 0.3 is 0 Å². The summed E-state index contributed by atoms with van der Waals surface area (Å²) in [4.78, 5) is 14.5. The number of carbonyl (C=O) groups excluding carboxylic acids is 1. The molecule has 2 aromatic carbocycles. The molecule has 0 aliphatic heterocycles. The third-order valence-electron chi connectivity index (χ3n) is 4.01. The van der Waals surface area contributed by atoms with Gasteiger partial charge in [-0.25, -0.2) is 0 Å². The van der Waals surface area contributed by atoms with E-state index in [2.05, 4.69) is 13.0 Å². The molecule has 0 bridgehead atoms. The van der Waals surface area contributed by atoms with E-state index in [0.29, 0.717) is 25.1 Å². The first kappa shape index (κ1) is 18.5. The Morgan fingerprint density at radius 1 is 1.16 bits per heavy atom. The molecule has 2 rings (SSSR count). The van der Waals surface area contributed by atoms with Gasteiger partial charge in [-0.1, -0.05) is 37.3 Å². The first-order valence-corrected chi connectivity index (χ1v) is 8.61. The predicted molar refractivity (Wildman–Crippen MR) is 98.2 cm³/mol. The van der Waals surface area contributed by atoms with E-state index in [1.54, 1.807) is 17.0 Å². The van der Waals surface area contributed by atoms with E-state index >= 15 is 0 Å². The molecule has 0 fully saturated rings. The molecule has 4 nitrogen and oxygen atoms in total. The summed E-state index contributed by atoms with van der Waals surface area (Å²) >= 11 is 0. The first-order valence-electron chi connectivity index (χ1n) is 8.61. The van der Waals surface area contributed by atoms with Gasteiger partial charge < -0.3 is 9.64 Å². The second kappa shape index (κ2) is 9.48. The Morgan fingerprint density at radius 2 is 1.84 bits per heavy atom. The van der Waals surface area contributed by atoms with Crippen LogP contribution in [0.4, 0.5) is 0 Å². The van der Waals surface area contributed by atoms with Gasteiger partial charge in [0, 0.05) is 18.7 Å². The van der Waals surface area contributed by atoms with Crippen molar-refractivity contribution in [2.24, 2.45) is 0 Å². The summed E-state index contributed by atoms with van der Waals surface area (Å²) < 4.78 is 5.75. The number of ether oxygens (including phenoxy) is 1. The maximum absolute atomic E-state index is 12.8. The number of hydrogen-bond acceptors (Lipinski definition) is 3. The van der Waals surface area contributed by atoms with Crippen molar-refractivity contribution >= 4 is 5.91 Å². The Balaban J connectivity index is 2.11. The van der Waals surface area contributed by atoms with Gasteiger partial charge in [0.2, 0.25) is 0 Å². The molecule has 2 aromatic rings. The highest BCUT2D eigenvalue weighted by Crippen LogP contribution is 2.17. The predicted octanol–water partition coefficient (Wildman–Crippen LogP) is 4.42. The van der Waals surface area contributed by atoms with Crippen LogP contribution in [0, 0.1) is 11.3 Å². The minimum atomic E-state index is -0.0748. The zero-order chi connectivity index (χ0) is 18.1. The molecular weight excluding hydrogens is 312 g/mol. The lowest BCUT2D eigenvalue weighted by atomic mass is 10.1. The maximum Gasteiger partial charge on any atom is 0.254 e. The van der Waals surface area contributed by atoms with Gasteiger partial charge in [-0.05, 0) is 43.2 Å². The molecule has 4 heteroatoms. The Morgan fingerprint density at radius 3 is 2.44 bits per heavy atom. The second-order valence-corrected chi connectivity index (χ2v) is 5.98. The van der Waals surface area contributed by atoms with E-state index < -0.39 is 0 Å². The zero-order valence-corrected chi connectivity index (χ0v) is 14.8. The molecule has 1 atom stereocenters. The van der Waals surface area contributed by atoms with Crippen molar-refractivity contribution in [1.29, 1.82) is 5.26 Å². The van der Waals surface area contributed by atoms with Crippen molar-refractivity contribution < 1.29 is 9.53 Å². The topological polar surface area (TPSA) is 53.3 Å². The number of nitrogens with zero attached hydrogens (tertiary/aromatic N) is 2. The Bertz CT molecular complexity index is 705. The van der Waals surface area contributed by atoms with E-state index in [-0.39, 0.29) is 12.0 Å². The van der Waals surface area contributed by atoms with Gasteiger partial charge in [-0.3, -0.25) is 4.79 Å². The van der Waals surface area contributed by atoms with Crippen LogP contribution in [0.3, 0.4) is 0 Å². The van der Waals surface area contributed by atoms with Crippen LogP contribution in [0.25, 0.3) is 0 Å². The lowest BCUT2D eigenvalue weighted by Crippen LogP contribution is -2.31. The fourth-order valence-corrected chi connectivity index (χ4v) is 2.42. The standard InChI is InChI=1S/C21H24N2O2/c1-3-17(2)25-20-12-10-19(11-13-20)21(24)23(15-7-14-22)16-18-8-5-4-6-9-18/h4-6,8-13,17H,3,7,15-16H2,1-2H3. The van der Waals surface area contributed by atoms with Crippen molar-refractivity contribution in [3.63, 3.8) is 0 Å². The third-order valence-corrected chi connectivity index (χ3v) is 4.01. The van der Waals surface area contributed by atoms with Crippen LogP contribution in [-0.2, 0) is 6.54 Å². The van der Waals surface area contributed by atoms with Crippen molar-refractivity contribution in [3.8, 4) is 11.8 Å². The molecule has 1 amide bonds. The van der Waals surface area contributed by atoms with Crippen molar-refractivity contribution in [1.82, 2.24) is 4.90 Å². The maximum atomic E-state index is 12.8. The minimum absolute atomic E-state index is 0.0748. The molecule has 0 spiro atoms. The van der Waals surface area contributed by atoms with Crippen LogP contribution >= 0.6 is 0 Å². The fraction of sp³-hybridized carbons (Fsp3) is 0.333. The molecule has 0 aliphatic rings. The van der Waals surface area contributed by atoms with E-state index in [4.69, 9.17) is 10.00 Å². The molecule has 0 N–H and O–H groups in total. The molecule has 0 saturated carbocycles. The molecule has 0 aromatic heterocycles. The van der Waals surface area contributed by atoms with E-state index in [9.17, 15) is 4.79 Å². The van der Waals surface area contributed by atoms with Crippen LogP contribution < -0.4 is 4.74 Å². The lowest BCUT2D eigenvalue weighted by Gasteiger charge is -2.22. The number of benzene rings is 2. The first-order chi connectivity index (χ1) is 12.1. The van der Waals surface area contributed by atoms with Gasteiger partial charge in [0.15, 0.2) is 0 Å². The van der Waals surface area contributed by atoms with Gasteiger partial charge in [0.05, 0.1) is 18.6 Å². The summed E-state index contributed by atoms with van der Waals surface area (Å²) in [6.45, 7) is 4.99. The van der Waals surface area contributed by atoms with Crippen molar-refractivity contribution in [2.45, 2.75) is 39.3 Å².